The summed E-state index contributed by atoms with van der Waals surface area (Å²) in [6.45, 7) is 0. The van der Waals surface area contributed by atoms with E-state index in [1.165, 1.54) is 0 Å². The molecule has 0 fully saturated rings. The van der Waals surface area contributed by atoms with Gasteiger partial charge in [-0.3, -0.25) is 4.79 Å². The average Bonchev–Trinajstić information content (AvgIpc) is 2.41. The standard InChI is InChI=1S/C12H12N6O/c13-5-8-9(6-1-3-7(14)4-2-6)10(15)11(16)18(17)12(8)19/h1-4H,14-17H2. The second-order valence-corrected chi connectivity index (χ2v) is 3.96. The molecule has 0 saturated carbocycles. The lowest BCUT2D eigenvalue weighted by atomic mass is 9.99. The number of hydrogen-bond acceptors (Lipinski definition) is 6. The Hall–Kier alpha value is -3.14. The fraction of sp³-hybridized carbons (Fsp3) is 0. The van der Waals surface area contributed by atoms with Crippen molar-refractivity contribution in [2.24, 2.45) is 0 Å². The highest BCUT2D eigenvalue weighted by Gasteiger charge is 2.18. The zero-order valence-corrected chi connectivity index (χ0v) is 9.92. The summed E-state index contributed by atoms with van der Waals surface area (Å²) in [6.07, 6.45) is 0. The zero-order chi connectivity index (χ0) is 14.2. The fourth-order valence-corrected chi connectivity index (χ4v) is 1.78. The Morgan fingerprint density at radius 3 is 2.21 bits per heavy atom. The Labute approximate surface area is 108 Å². The van der Waals surface area contributed by atoms with Crippen molar-refractivity contribution in [2.45, 2.75) is 0 Å². The molecule has 0 radical (unpaired) electrons. The van der Waals surface area contributed by atoms with Crippen LogP contribution in [0, 0.1) is 11.3 Å². The highest BCUT2D eigenvalue weighted by Crippen LogP contribution is 2.31. The summed E-state index contributed by atoms with van der Waals surface area (Å²) in [5.41, 5.74) is 17.7. The summed E-state index contributed by atoms with van der Waals surface area (Å²) in [4.78, 5) is 11.9. The predicted molar refractivity (Wildman–Crippen MR) is 74.2 cm³/mol. The molecule has 0 unspecified atom stereocenters. The molecule has 1 aromatic carbocycles. The number of rotatable bonds is 1. The first-order chi connectivity index (χ1) is 8.97. The minimum atomic E-state index is -0.693. The van der Waals surface area contributed by atoms with Crippen LogP contribution in [0.3, 0.4) is 0 Å². The maximum atomic E-state index is 11.9. The Morgan fingerprint density at radius 1 is 1.11 bits per heavy atom. The molecule has 19 heavy (non-hydrogen) atoms. The molecule has 0 atom stereocenters. The van der Waals surface area contributed by atoms with Gasteiger partial charge in [-0.15, -0.1) is 0 Å². The van der Waals surface area contributed by atoms with Gasteiger partial charge >= 0.3 is 0 Å². The first-order valence-corrected chi connectivity index (χ1v) is 5.32. The second kappa shape index (κ2) is 4.27. The third-order valence-electron chi connectivity index (χ3n) is 2.80. The third kappa shape index (κ3) is 1.81. The van der Waals surface area contributed by atoms with Crippen molar-refractivity contribution in [1.29, 1.82) is 5.26 Å². The van der Waals surface area contributed by atoms with Crippen LogP contribution < -0.4 is 28.6 Å². The third-order valence-corrected chi connectivity index (χ3v) is 2.80. The normalized spacial score (nSPS) is 10.1. The number of anilines is 3. The van der Waals surface area contributed by atoms with Crippen molar-refractivity contribution in [3.8, 4) is 17.2 Å². The van der Waals surface area contributed by atoms with Crippen LogP contribution in [-0.2, 0) is 0 Å². The summed E-state index contributed by atoms with van der Waals surface area (Å²) in [7, 11) is 0. The molecule has 7 heteroatoms. The number of nitrogen functional groups attached to an aromatic ring is 4. The maximum Gasteiger partial charge on any atom is 0.289 e. The van der Waals surface area contributed by atoms with E-state index in [-0.39, 0.29) is 22.6 Å². The average molecular weight is 256 g/mol. The molecule has 96 valence electrons. The molecule has 0 spiro atoms. The number of nitrogens with two attached hydrogens (primary N) is 4. The first kappa shape index (κ1) is 12.3. The molecule has 0 bridgehead atoms. The fourth-order valence-electron chi connectivity index (χ4n) is 1.78. The van der Waals surface area contributed by atoms with Crippen LogP contribution in [0.1, 0.15) is 5.56 Å². The maximum absolute atomic E-state index is 11.9. The van der Waals surface area contributed by atoms with Gasteiger partial charge in [0, 0.05) is 11.3 Å². The summed E-state index contributed by atoms with van der Waals surface area (Å²) < 4.78 is 0.661. The molecule has 0 amide bonds. The number of nitriles is 1. The largest absolute Gasteiger partial charge is 0.399 e. The van der Waals surface area contributed by atoms with Gasteiger partial charge in [0.25, 0.3) is 5.56 Å². The molecule has 0 aliphatic rings. The van der Waals surface area contributed by atoms with Crippen LogP contribution >= 0.6 is 0 Å². The molecule has 2 aromatic rings. The van der Waals surface area contributed by atoms with Crippen molar-refractivity contribution < 1.29 is 0 Å². The van der Waals surface area contributed by atoms with E-state index in [1.807, 2.05) is 0 Å². The Morgan fingerprint density at radius 2 is 1.68 bits per heavy atom. The number of pyridine rings is 1. The van der Waals surface area contributed by atoms with Crippen molar-refractivity contribution in [2.75, 3.05) is 23.0 Å². The topological polar surface area (TPSA) is 150 Å². The number of nitrogens with zero attached hydrogens (tertiary/aromatic N) is 2. The van der Waals surface area contributed by atoms with Gasteiger partial charge in [-0.05, 0) is 17.7 Å². The van der Waals surface area contributed by atoms with Crippen LogP contribution in [-0.4, -0.2) is 4.68 Å². The van der Waals surface area contributed by atoms with Gasteiger partial charge in [0.15, 0.2) is 0 Å². The molecule has 0 aliphatic heterocycles. The SMILES string of the molecule is N#Cc1c(-c2ccc(N)cc2)c(N)c(N)n(N)c1=O. The van der Waals surface area contributed by atoms with E-state index in [0.29, 0.717) is 15.9 Å². The van der Waals surface area contributed by atoms with Gasteiger partial charge in [-0.25, -0.2) is 4.68 Å². The second-order valence-electron chi connectivity index (χ2n) is 3.96. The highest BCUT2D eigenvalue weighted by atomic mass is 16.1. The lowest BCUT2D eigenvalue weighted by molar-refractivity contribution is 0.949. The smallest absolute Gasteiger partial charge is 0.289 e. The van der Waals surface area contributed by atoms with E-state index in [9.17, 15) is 4.79 Å². The van der Waals surface area contributed by atoms with Crippen molar-refractivity contribution in [1.82, 2.24) is 4.68 Å². The summed E-state index contributed by atoms with van der Waals surface area (Å²) in [5, 5.41) is 9.11. The summed E-state index contributed by atoms with van der Waals surface area (Å²) in [6, 6.07) is 8.39. The van der Waals surface area contributed by atoms with Gasteiger partial charge in [-0.2, -0.15) is 5.26 Å². The van der Waals surface area contributed by atoms with Crippen molar-refractivity contribution >= 4 is 17.2 Å². The Bertz CT molecular complexity index is 739. The van der Waals surface area contributed by atoms with Crippen molar-refractivity contribution in [3.05, 3.63) is 40.2 Å². The van der Waals surface area contributed by atoms with E-state index in [2.05, 4.69) is 0 Å². The van der Waals surface area contributed by atoms with Crippen LogP contribution in [0.2, 0.25) is 0 Å². The van der Waals surface area contributed by atoms with Gasteiger partial charge in [0.2, 0.25) is 0 Å². The quantitative estimate of drug-likeness (QED) is 0.411. The molecule has 2 rings (SSSR count). The van der Waals surface area contributed by atoms with Gasteiger partial charge in [-0.1, -0.05) is 12.1 Å². The molecule has 0 aliphatic carbocycles. The first-order valence-electron chi connectivity index (χ1n) is 5.32. The molecular formula is C12H12N6O. The highest BCUT2D eigenvalue weighted by molar-refractivity contribution is 5.87. The number of benzene rings is 1. The molecule has 1 aromatic heterocycles. The summed E-state index contributed by atoms with van der Waals surface area (Å²) >= 11 is 0. The van der Waals surface area contributed by atoms with Gasteiger partial charge < -0.3 is 23.0 Å². The van der Waals surface area contributed by atoms with Crippen LogP contribution in [0.25, 0.3) is 11.1 Å². The van der Waals surface area contributed by atoms with E-state index < -0.39 is 5.56 Å². The predicted octanol–water partition coefficient (Wildman–Crippen LogP) is -0.153. The van der Waals surface area contributed by atoms with Crippen LogP contribution in [0.4, 0.5) is 17.2 Å². The van der Waals surface area contributed by atoms with Crippen LogP contribution in [0.15, 0.2) is 29.1 Å². The lowest BCUT2D eigenvalue weighted by Gasteiger charge is -2.13. The minimum Gasteiger partial charge on any atom is -0.399 e. The number of aromatic nitrogens is 1. The van der Waals surface area contributed by atoms with E-state index in [1.54, 1.807) is 30.3 Å². The van der Waals surface area contributed by atoms with E-state index >= 15 is 0 Å². The zero-order valence-electron chi connectivity index (χ0n) is 9.92. The molecule has 8 N–H and O–H groups in total. The molecule has 1 heterocycles. The molecule has 0 saturated heterocycles. The van der Waals surface area contributed by atoms with E-state index in [4.69, 9.17) is 28.3 Å². The Balaban J connectivity index is 2.88. The monoisotopic (exact) mass is 256 g/mol. The summed E-state index contributed by atoms with van der Waals surface area (Å²) in [5.74, 6) is 5.37. The minimum absolute atomic E-state index is 0.0865. The van der Waals surface area contributed by atoms with Crippen LogP contribution in [0.5, 0.6) is 0 Å². The number of hydrogen-bond donors (Lipinski definition) is 4. The van der Waals surface area contributed by atoms with E-state index in [0.717, 1.165) is 0 Å². The Kier molecular flexibility index (Phi) is 2.77. The van der Waals surface area contributed by atoms with Gasteiger partial charge in [0.05, 0.1) is 5.69 Å². The van der Waals surface area contributed by atoms with Gasteiger partial charge in [0.1, 0.15) is 17.5 Å². The van der Waals surface area contributed by atoms with Crippen molar-refractivity contribution in [3.63, 3.8) is 0 Å². The lowest BCUT2D eigenvalue weighted by Crippen LogP contribution is -2.32. The molecule has 7 nitrogen and oxygen atoms in total. The molecular weight excluding hydrogens is 244 g/mol.